The summed E-state index contributed by atoms with van der Waals surface area (Å²) in [5.74, 6) is 0. The number of nitrogens with zero attached hydrogens (tertiary/aromatic N) is 3. The van der Waals surface area contributed by atoms with Gasteiger partial charge in [-0.2, -0.15) is 79.0 Å². The quantitative estimate of drug-likeness (QED) is 0.139. The maximum Gasteiger partial charge on any atom is 0.512 e. The van der Waals surface area contributed by atoms with E-state index in [1.807, 2.05) is 0 Å². The van der Waals surface area contributed by atoms with Crippen LogP contribution in [0.1, 0.15) is 19.3 Å². The smallest absolute Gasteiger partial charge is 0.202 e. The van der Waals surface area contributed by atoms with Gasteiger partial charge in [-0.05, 0) is 19.3 Å². The molecule has 0 saturated heterocycles. The number of halogens is 18. The van der Waals surface area contributed by atoms with Crippen molar-refractivity contribution in [3.05, 3.63) is 0 Å². The summed E-state index contributed by atoms with van der Waals surface area (Å²) < 4.78 is 370. The molecule has 0 radical (unpaired) electrons. The van der Waals surface area contributed by atoms with E-state index in [4.69, 9.17) is 0 Å². The van der Waals surface area contributed by atoms with Gasteiger partial charge in [-0.15, -0.1) is 0 Å². The summed E-state index contributed by atoms with van der Waals surface area (Å²) in [6, 6.07) is -4.04. The van der Waals surface area contributed by atoms with Crippen LogP contribution in [0.2, 0.25) is 24.7 Å². The molecule has 0 atom stereocenters. The molecular weight excluding hydrogens is 989 g/mol. The molecule has 40 heteroatoms. The van der Waals surface area contributed by atoms with E-state index >= 15 is 0 Å². The van der Waals surface area contributed by atoms with Crippen molar-refractivity contribution in [2.24, 2.45) is 0 Å². The highest BCUT2D eigenvalue weighted by Gasteiger charge is 2.64. The maximum atomic E-state index is 13.1. The van der Waals surface area contributed by atoms with Crippen LogP contribution in [0.15, 0.2) is 0 Å². The number of hydrogen-bond acceptors (Lipinski definition) is 12. The van der Waals surface area contributed by atoms with Gasteiger partial charge in [0.15, 0.2) is 0 Å². The first kappa shape index (κ1) is 54.5. The molecule has 0 aromatic rings. The molecule has 338 valence electrons. The second kappa shape index (κ2) is 16.5. The molecule has 0 fully saturated rings. The molecule has 0 aliphatic rings. The van der Waals surface area contributed by atoms with E-state index in [0.29, 0.717) is 6.55 Å². The Labute approximate surface area is 304 Å². The Morgan fingerprint density at radius 2 is 0.446 bits per heavy atom. The second-order valence-corrected chi connectivity index (χ2v) is 27.8. The lowest BCUT2D eigenvalue weighted by Crippen LogP contribution is -2.50. The van der Waals surface area contributed by atoms with Gasteiger partial charge in [0.2, 0.25) is 0 Å². The fraction of sp³-hybridized carbons (Fsp3) is 1.00. The summed E-state index contributed by atoms with van der Waals surface area (Å²) in [7, 11) is -49.8. The molecule has 0 aliphatic heterocycles. The van der Waals surface area contributed by atoms with Crippen molar-refractivity contribution in [1.29, 1.82) is 0 Å². The Morgan fingerprint density at radius 1 is 0.321 bits per heavy atom. The van der Waals surface area contributed by atoms with Crippen molar-refractivity contribution >= 4 is 68.2 Å². The van der Waals surface area contributed by atoms with Crippen molar-refractivity contribution in [3.8, 4) is 0 Å². The van der Waals surface area contributed by atoms with Crippen LogP contribution in [-0.2, 0) is 60.1 Å². The highest BCUT2D eigenvalue weighted by atomic mass is 32.3. The number of alkyl halides is 18. The highest BCUT2D eigenvalue weighted by molar-refractivity contribution is 8.05. The molecule has 0 aromatic carbocycles. The largest absolute Gasteiger partial charge is 0.512 e. The molecule has 0 spiro atoms. The molecule has 0 rings (SSSR count). The monoisotopic (exact) mass is 1010 g/mol. The minimum Gasteiger partial charge on any atom is -0.202 e. The lowest BCUT2D eigenvalue weighted by molar-refractivity contribution is -0.0541. The first-order chi connectivity index (χ1) is 24.0. The summed E-state index contributed by atoms with van der Waals surface area (Å²) in [5, 5.41) is 0. The van der Waals surface area contributed by atoms with Crippen LogP contribution in [0.3, 0.4) is 0 Å². The third-order valence-corrected chi connectivity index (χ3v) is 22.8. The summed E-state index contributed by atoms with van der Waals surface area (Å²) >= 11 is 0. The normalized spacial score (nSPS) is 16.0. The van der Waals surface area contributed by atoms with E-state index in [-0.39, 0.29) is 0 Å². The average molecular weight is 1010 g/mol. The van der Waals surface area contributed by atoms with Gasteiger partial charge >= 0.3 is 93.2 Å². The lowest BCUT2D eigenvalue weighted by atomic mass is 10.5. The molecule has 0 N–H and O–H groups in total. The fourth-order valence-electron chi connectivity index (χ4n) is 4.08. The molecule has 0 heterocycles. The molecule has 0 saturated carbocycles. The zero-order chi connectivity index (χ0) is 45.6. The SMILES string of the molecule is C[Si](CCCN(S(=O)(=O)C(F)(F)F)S(=O)(=O)C(F)(F)F)(CCCN(S(=O)(=O)C(F)(F)F)S(=O)(=O)C(F)(F)F)CCCN(S(=O)(=O)C(F)(F)F)S(=O)(=O)C(F)(F)F. The number of hydrogen-bond donors (Lipinski definition) is 0. The number of rotatable bonds is 18. The fourth-order valence-corrected chi connectivity index (χ4v) is 16.1. The Kier molecular flexibility index (Phi) is 16.1. The van der Waals surface area contributed by atoms with Crippen LogP contribution in [-0.4, -0.2) is 122 Å². The molecule has 56 heavy (non-hydrogen) atoms. The van der Waals surface area contributed by atoms with Gasteiger partial charge in [0.25, 0.3) is 0 Å². The molecular formula is C16H21F18N3O12S6Si. The van der Waals surface area contributed by atoms with E-state index in [1.54, 1.807) is 0 Å². The molecule has 0 amide bonds. The minimum absolute atomic E-state index is 0.579. The highest BCUT2D eigenvalue weighted by Crippen LogP contribution is 2.40. The summed E-state index contributed by atoms with van der Waals surface area (Å²) in [6.07, 6.45) is -4.99. The second-order valence-electron chi connectivity index (χ2n) is 10.8. The van der Waals surface area contributed by atoms with Crippen LogP contribution in [0, 0.1) is 0 Å². The van der Waals surface area contributed by atoms with E-state index < -0.39 is 169 Å². The van der Waals surface area contributed by atoms with Gasteiger partial charge < -0.3 is 0 Å². The standard InChI is InChI=1S/C16H21F18N3O12S6Si/c1-56(8-2-5-35(50(38,39)11(17,18)19)51(40,41)12(20,21)22,9-3-6-36(52(42,43)13(23,24)25)53(44,45)14(26,27)28)10-4-7-37(54(46,47)15(29,30)31)55(48,49)16(32,33)34/h2-10H2,1H3. The van der Waals surface area contributed by atoms with E-state index in [9.17, 15) is 130 Å². The minimum atomic E-state index is -7.54. The van der Waals surface area contributed by atoms with Gasteiger partial charge in [0, 0.05) is 19.6 Å². The average Bonchev–Trinajstić information content (AvgIpc) is 2.91. The van der Waals surface area contributed by atoms with Gasteiger partial charge in [0.05, 0.1) is 8.07 Å². The summed E-state index contributed by atoms with van der Waals surface area (Å²) in [4.78, 5) is 0. The Morgan fingerprint density at radius 3 is 0.554 bits per heavy atom. The van der Waals surface area contributed by atoms with Crippen molar-refractivity contribution in [2.75, 3.05) is 19.6 Å². The predicted molar refractivity (Wildman–Crippen MR) is 150 cm³/mol. The zero-order valence-corrected chi connectivity index (χ0v) is 32.3. The zero-order valence-electron chi connectivity index (χ0n) is 26.4. The van der Waals surface area contributed by atoms with Crippen LogP contribution in [0.5, 0.6) is 0 Å². The topological polar surface area (TPSA) is 215 Å². The molecule has 0 unspecified atom stereocenters. The maximum absolute atomic E-state index is 13.1. The van der Waals surface area contributed by atoms with Crippen LogP contribution >= 0.6 is 0 Å². The third-order valence-electron chi connectivity index (χ3n) is 6.73. The lowest BCUT2D eigenvalue weighted by Gasteiger charge is -2.31. The van der Waals surface area contributed by atoms with Gasteiger partial charge in [-0.3, -0.25) is 0 Å². The Balaban J connectivity index is 7.24. The van der Waals surface area contributed by atoms with Gasteiger partial charge in [-0.25, -0.2) is 50.5 Å². The molecule has 0 aromatic heterocycles. The van der Waals surface area contributed by atoms with Gasteiger partial charge in [-0.1, -0.05) is 35.8 Å². The summed E-state index contributed by atoms with van der Waals surface area (Å²) in [6.45, 7) is -6.71. The first-order valence-electron chi connectivity index (χ1n) is 13.2. The molecule has 0 aliphatic carbocycles. The van der Waals surface area contributed by atoms with Crippen LogP contribution in [0.4, 0.5) is 79.0 Å². The van der Waals surface area contributed by atoms with Crippen molar-refractivity contribution in [2.45, 2.75) is 77.0 Å². The van der Waals surface area contributed by atoms with E-state index in [2.05, 4.69) is 0 Å². The molecule has 15 nitrogen and oxygen atoms in total. The molecule has 0 bridgehead atoms. The van der Waals surface area contributed by atoms with Crippen molar-refractivity contribution in [3.63, 3.8) is 0 Å². The van der Waals surface area contributed by atoms with Crippen molar-refractivity contribution < 1.29 is 130 Å². The van der Waals surface area contributed by atoms with E-state index in [1.165, 1.54) is 0 Å². The Bertz CT molecular complexity index is 1710. The van der Waals surface area contributed by atoms with E-state index in [0.717, 1.165) is 0 Å². The van der Waals surface area contributed by atoms with Gasteiger partial charge in [0.1, 0.15) is 0 Å². The van der Waals surface area contributed by atoms with Crippen molar-refractivity contribution in [1.82, 2.24) is 11.1 Å². The predicted octanol–water partition coefficient (Wildman–Crippen LogP) is 4.24. The van der Waals surface area contributed by atoms with Crippen LogP contribution < -0.4 is 0 Å². The summed E-state index contributed by atoms with van der Waals surface area (Å²) in [5.41, 5.74) is -41.0. The third kappa shape index (κ3) is 11.6. The van der Waals surface area contributed by atoms with Crippen LogP contribution in [0.25, 0.3) is 0 Å². The number of sulfonamides is 6. The Hall–Kier alpha value is -1.46. The first-order valence-corrected chi connectivity index (χ1v) is 25.0.